The number of anilines is 1. The molecule has 1 aliphatic carbocycles. The lowest BCUT2D eigenvalue weighted by Gasteiger charge is -2.16. The van der Waals surface area contributed by atoms with Crippen LogP contribution in [0.25, 0.3) is 11.3 Å². The van der Waals surface area contributed by atoms with Gasteiger partial charge in [-0.15, -0.1) is 5.10 Å². The fraction of sp³-hybridized carbons (Fsp3) is 0.188. The lowest BCUT2D eigenvalue weighted by Crippen LogP contribution is -2.20. The number of nitrogens with one attached hydrogen (secondary N) is 2. The van der Waals surface area contributed by atoms with Gasteiger partial charge < -0.3 is 4.74 Å². The molecule has 0 spiro atoms. The molecule has 0 aliphatic heterocycles. The van der Waals surface area contributed by atoms with Gasteiger partial charge in [0, 0.05) is 10.0 Å². The predicted molar refractivity (Wildman–Crippen MR) is 104 cm³/mol. The maximum atomic E-state index is 12.1. The van der Waals surface area contributed by atoms with Gasteiger partial charge >= 0.3 is 6.09 Å². The van der Waals surface area contributed by atoms with Crippen molar-refractivity contribution in [3.05, 3.63) is 52.5 Å². The van der Waals surface area contributed by atoms with Crippen LogP contribution in [0.1, 0.15) is 12.8 Å². The van der Waals surface area contributed by atoms with Crippen LogP contribution in [0.4, 0.5) is 10.6 Å². The number of nitrogens with zero attached hydrogens (tertiary/aromatic N) is 2. The summed E-state index contributed by atoms with van der Waals surface area (Å²) in [6, 6.07) is 7.57. The van der Waals surface area contributed by atoms with Crippen molar-refractivity contribution in [2.24, 2.45) is 0 Å². The minimum absolute atomic E-state index is 0.310. The number of aromatic amines is 1. The summed E-state index contributed by atoms with van der Waals surface area (Å²) in [6.07, 6.45) is 7.36. The average Bonchev–Trinajstić information content (AvgIpc) is 3.04. The van der Waals surface area contributed by atoms with Crippen molar-refractivity contribution < 1.29 is 9.53 Å². The van der Waals surface area contributed by atoms with E-state index in [1.54, 1.807) is 0 Å². The van der Waals surface area contributed by atoms with Gasteiger partial charge in [0.05, 0.1) is 0 Å². The van der Waals surface area contributed by atoms with E-state index in [9.17, 15) is 4.79 Å². The van der Waals surface area contributed by atoms with Crippen LogP contribution < -0.4 is 5.32 Å². The monoisotopic (exact) mass is 500 g/mol. The Kier molecular flexibility index (Phi) is 5.67. The van der Waals surface area contributed by atoms with Crippen molar-refractivity contribution in [1.29, 1.82) is 0 Å². The number of hydrogen-bond donors (Lipinski definition) is 2. The zero-order valence-electron chi connectivity index (χ0n) is 12.5. The predicted octanol–water partition coefficient (Wildman–Crippen LogP) is 4.82. The van der Waals surface area contributed by atoms with Crippen LogP contribution in [0.2, 0.25) is 0 Å². The van der Waals surface area contributed by atoms with E-state index >= 15 is 0 Å². The smallest absolute Gasteiger partial charge is 0.414 e. The normalized spacial score (nSPS) is 14.8. The maximum absolute atomic E-state index is 12.1. The molecule has 124 valence electrons. The number of rotatable bonds is 4. The Bertz CT molecular complexity index is 786. The number of ether oxygens (including phenoxy) is 1. The van der Waals surface area contributed by atoms with Gasteiger partial charge in [-0.2, -0.15) is 10.3 Å². The number of H-pyrrole nitrogens is 1. The van der Waals surface area contributed by atoms with Crippen LogP contribution in [-0.4, -0.2) is 25.6 Å². The summed E-state index contributed by atoms with van der Waals surface area (Å²) in [5.74, 6) is 0.337. The summed E-state index contributed by atoms with van der Waals surface area (Å²) in [7, 11) is 0. The Morgan fingerprint density at radius 3 is 2.83 bits per heavy atom. The first-order valence-corrected chi connectivity index (χ1v) is 9.31. The van der Waals surface area contributed by atoms with Crippen LogP contribution in [0.5, 0.6) is 0 Å². The third-order valence-electron chi connectivity index (χ3n) is 3.43. The van der Waals surface area contributed by atoms with Gasteiger partial charge in [-0.05, 0) is 53.1 Å². The van der Waals surface area contributed by atoms with Gasteiger partial charge in [0.25, 0.3) is 0 Å². The van der Waals surface area contributed by atoms with E-state index in [2.05, 4.69) is 65.3 Å². The lowest BCUT2D eigenvalue weighted by molar-refractivity contribution is 0.165. The highest BCUT2D eigenvalue weighted by Crippen LogP contribution is 2.26. The van der Waals surface area contributed by atoms with Crippen molar-refractivity contribution >= 4 is 50.4 Å². The molecule has 1 atom stereocenters. The van der Waals surface area contributed by atoms with E-state index in [1.807, 2.05) is 36.4 Å². The lowest BCUT2D eigenvalue weighted by atomic mass is 10.1. The SMILES string of the molecule is O=C(Nc1n[nH]nc1-c1ccc(Br)cc1)O[C@H](I)C1=CC=CCC1. The molecule has 3 rings (SSSR count). The summed E-state index contributed by atoms with van der Waals surface area (Å²) < 4.78 is 6.07. The largest absolute Gasteiger partial charge is 0.431 e. The van der Waals surface area contributed by atoms with E-state index in [4.69, 9.17) is 4.74 Å². The van der Waals surface area contributed by atoms with Crippen LogP contribution in [0.15, 0.2) is 52.5 Å². The Morgan fingerprint density at radius 2 is 2.12 bits per heavy atom. The Morgan fingerprint density at radius 1 is 1.33 bits per heavy atom. The summed E-state index contributed by atoms with van der Waals surface area (Å²) >= 11 is 5.49. The molecule has 1 aromatic carbocycles. The van der Waals surface area contributed by atoms with Gasteiger partial charge in [-0.25, -0.2) is 4.79 Å². The number of halogens is 2. The van der Waals surface area contributed by atoms with Gasteiger partial charge in [0.15, 0.2) is 9.93 Å². The molecule has 0 saturated carbocycles. The van der Waals surface area contributed by atoms with E-state index in [0.29, 0.717) is 11.5 Å². The number of carbonyl (C=O) groups is 1. The zero-order valence-corrected chi connectivity index (χ0v) is 16.2. The van der Waals surface area contributed by atoms with Gasteiger partial charge in [-0.1, -0.05) is 46.3 Å². The summed E-state index contributed by atoms with van der Waals surface area (Å²) in [5, 5.41) is 13.3. The second-order valence-electron chi connectivity index (χ2n) is 5.08. The number of hydrogen-bond acceptors (Lipinski definition) is 4. The van der Waals surface area contributed by atoms with Crippen molar-refractivity contribution in [3.8, 4) is 11.3 Å². The van der Waals surface area contributed by atoms with Crippen LogP contribution in [-0.2, 0) is 4.74 Å². The average molecular weight is 501 g/mol. The molecule has 2 N–H and O–H groups in total. The molecule has 2 aromatic rings. The minimum atomic E-state index is -0.558. The first-order chi connectivity index (χ1) is 11.6. The summed E-state index contributed by atoms with van der Waals surface area (Å²) in [5.41, 5.74) is 2.49. The number of carbonyl (C=O) groups excluding carboxylic acids is 1. The Balaban J connectivity index is 1.67. The van der Waals surface area contributed by atoms with Crippen molar-refractivity contribution in [3.63, 3.8) is 0 Å². The molecule has 0 fully saturated rings. The highest BCUT2D eigenvalue weighted by atomic mass is 127. The molecule has 24 heavy (non-hydrogen) atoms. The fourth-order valence-corrected chi connectivity index (χ4v) is 3.25. The van der Waals surface area contributed by atoms with Crippen LogP contribution in [0.3, 0.4) is 0 Å². The molecule has 6 nitrogen and oxygen atoms in total. The minimum Gasteiger partial charge on any atom is -0.431 e. The van der Waals surface area contributed by atoms with Gasteiger partial charge in [0.2, 0.25) is 0 Å². The van der Waals surface area contributed by atoms with Crippen molar-refractivity contribution in [2.75, 3.05) is 5.32 Å². The highest BCUT2D eigenvalue weighted by molar-refractivity contribution is 14.1. The molecule has 0 unspecified atom stereocenters. The Hall–Kier alpha value is -1.68. The molecule has 1 aliphatic rings. The first kappa shape index (κ1) is 17.2. The second-order valence-corrected chi connectivity index (χ2v) is 7.13. The third-order valence-corrected chi connectivity index (χ3v) is 5.02. The number of benzene rings is 1. The quantitative estimate of drug-likeness (QED) is 0.466. The molecule has 0 bridgehead atoms. The second kappa shape index (κ2) is 7.93. The molecular formula is C16H14BrIN4O2. The summed E-state index contributed by atoms with van der Waals surface area (Å²) in [6.45, 7) is 0. The fourth-order valence-electron chi connectivity index (χ4n) is 2.23. The highest BCUT2D eigenvalue weighted by Gasteiger charge is 2.19. The molecule has 8 heteroatoms. The van der Waals surface area contributed by atoms with E-state index in [0.717, 1.165) is 28.5 Å². The van der Waals surface area contributed by atoms with E-state index < -0.39 is 6.09 Å². The van der Waals surface area contributed by atoms with Crippen LogP contribution >= 0.6 is 38.5 Å². The topological polar surface area (TPSA) is 79.9 Å². The number of amides is 1. The molecule has 1 aromatic heterocycles. The summed E-state index contributed by atoms with van der Waals surface area (Å²) in [4.78, 5) is 12.1. The first-order valence-electron chi connectivity index (χ1n) is 7.27. The zero-order chi connectivity index (χ0) is 16.9. The molecule has 0 radical (unpaired) electrons. The number of allylic oxidation sites excluding steroid dienone is 3. The van der Waals surface area contributed by atoms with Gasteiger partial charge in [0.1, 0.15) is 5.69 Å². The standard InChI is InChI=1S/C16H14BrIN4O2/c17-12-8-6-10(7-9-12)13-15(21-22-20-13)19-16(23)24-14(18)11-4-2-1-3-5-11/h1-2,4,6-9,14H,3,5H2,(H2,19,20,21,22,23)/t14-/m0/s1. The van der Waals surface area contributed by atoms with Crippen molar-refractivity contribution in [1.82, 2.24) is 15.4 Å². The number of aromatic nitrogens is 3. The molecule has 1 heterocycles. The maximum Gasteiger partial charge on any atom is 0.414 e. The third kappa shape index (κ3) is 4.23. The molecule has 0 saturated heterocycles. The van der Waals surface area contributed by atoms with Gasteiger partial charge in [-0.3, -0.25) is 5.32 Å². The van der Waals surface area contributed by atoms with E-state index in [1.165, 1.54) is 0 Å². The molecular weight excluding hydrogens is 487 g/mol. The van der Waals surface area contributed by atoms with Crippen LogP contribution in [0, 0.1) is 0 Å². The Labute approximate surface area is 161 Å². The number of alkyl halides is 1. The van der Waals surface area contributed by atoms with Crippen molar-refractivity contribution in [2.45, 2.75) is 17.0 Å². The van der Waals surface area contributed by atoms with E-state index in [-0.39, 0.29) is 4.11 Å². The molecule has 1 amide bonds.